The number of aromatic nitrogens is 3. The van der Waals surface area contributed by atoms with E-state index >= 15 is 0 Å². The van der Waals surface area contributed by atoms with Crippen molar-refractivity contribution in [2.45, 2.75) is 81.5 Å². The quantitative estimate of drug-likeness (QED) is 0.386. The fraction of sp³-hybridized carbons (Fsp3) is 0.538. The minimum atomic E-state index is -4.66. The Morgan fingerprint density at radius 1 is 1.13 bits per heavy atom. The van der Waals surface area contributed by atoms with Crippen molar-refractivity contribution < 1.29 is 36.9 Å². The van der Waals surface area contributed by atoms with Gasteiger partial charge in [-0.1, -0.05) is 6.07 Å². The third-order valence-corrected chi connectivity index (χ3v) is 7.41. The van der Waals surface area contributed by atoms with E-state index in [4.69, 9.17) is 4.74 Å². The van der Waals surface area contributed by atoms with E-state index in [1.165, 1.54) is 35.3 Å². The van der Waals surface area contributed by atoms with Gasteiger partial charge in [0.05, 0.1) is 34.5 Å². The van der Waals surface area contributed by atoms with Crippen LogP contribution in [0.1, 0.15) is 68.8 Å². The van der Waals surface area contributed by atoms with E-state index in [0.29, 0.717) is 24.8 Å². The zero-order chi connectivity index (χ0) is 27.5. The van der Waals surface area contributed by atoms with Crippen LogP contribution in [0.2, 0.25) is 0 Å². The minimum Gasteiger partial charge on any atom is -0.492 e. The summed E-state index contributed by atoms with van der Waals surface area (Å²) in [6.07, 6.45) is -3.70. The lowest BCUT2D eigenvalue weighted by atomic mass is 9.77. The Morgan fingerprint density at radius 2 is 1.87 bits per heavy atom. The van der Waals surface area contributed by atoms with Crippen LogP contribution in [0.5, 0.6) is 5.75 Å². The van der Waals surface area contributed by atoms with Gasteiger partial charge in [0.2, 0.25) is 0 Å². The van der Waals surface area contributed by atoms with Crippen molar-refractivity contribution in [3.8, 4) is 5.75 Å². The number of ether oxygens (including phenoxy) is 1. The van der Waals surface area contributed by atoms with Gasteiger partial charge in [-0.2, -0.15) is 18.3 Å². The Balaban J connectivity index is 1.35. The number of aliphatic hydroxyl groups is 2. The molecule has 5 rings (SSSR count). The summed E-state index contributed by atoms with van der Waals surface area (Å²) < 4.78 is 75.1. The normalized spacial score (nSPS) is 30.0. The summed E-state index contributed by atoms with van der Waals surface area (Å²) in [4.78, 5) is 3.75. The number of halogens is 5. The molecule has 3 N–H and O–H groups in total. The molecule has 1 aliphatic heterocycles. The second-order valence-corrected chi connectivity index (χ2v) is 10.8. The predicted molar refractivity (Wildman–Crippen MR) is 128 cm³/mol. The molecule has 0 radical (unpaired) electrons. The molecule has 1 saturated carbocycles. The third-order valence-electron chi connectivity index (χ3n) is 7.41. The summed E-state index contributed by atoms with van der Waals surface area (Å²) in [5.74, 6) is 0.0106. The van der Waals surface area contributed by atoms with E-state index in [0.717, 1.165) is 6.07 Å². The van der Waals surface area contributed by atoms with Crippen molar-refractivity contribution in [3.63, 3.8) is 0 Å². The van der Waals surface area contributed by atoms with Crippen LogP contribution >= 0.6 is 0 Å². The summed E-state index contributed by atoms with van der Waals surface area (Å²) in [7, 11) is 0. The van der Waals surface area contributed by atoms with Crippen LogP contribution in [-0.4, -0.2) is 49.3 Å². The van der Waals surface area contributed by atoms with Crippen molar-refractivity contribution in [2.75, 3.05) is 6.61 Å². The summed E-state index contributed by atoms with van der Waals surface area (Å²) in [5, 5.41) is 29.1. The molecule has 206 valence electrons. The van der Waals surface area contributed by atoms with Gasteiger partial charge in [0.15, 0.2) is 0 Å². The second-order valence-electron chi connectivity index (χ2n) is 10.8. The maximum absolute atomic E-state index is 14.1. The number of hydrogen-bond donors (Lipinski definition) is 3. The van der Waals surface area contributed by atoms with Gasteiger partial charge in [-0.25, -0.2) is 8.78 Å². The van der Waals surface area contributed by atoms with Crippen LogP contribution in [0.15, 0.2) is 36.7 Å². The maximum Gasteiger partial charge on any atom is 0.418 e. The lowest BCUT2D eigenvalue weighted by molar-refractivity contribution is -0.136. The molecule has 2 fully saturated rings. The summed E-state index contributed by atoms with van der Waals surface area (Å²) in [5.41, 5.74) is -3.20. The Kier molecular flexibility index (Phi) is 6.64. The molecule has 3 heterocycles. The number of fused-ring (bicyclic) bond motifs is 1. The summed E-state index contributed by atoms with van der Waals surface area (Å²) in [6, 6.07) is 4.11. The number of piperidine rings is 1. The highest BCUT2D eigenvalue weighted by molar-refractivity contribution is 5.84. The SMILES string of the molecule is CC1CC(O)(c2ccc(C(F)F)nc2)CC(COc2cc(C(F)(F)F)c3c(cnn3C3CC(C)(O)C3)c2)N1. The number of nitrogens with one attached hydrogen (secondary N) is 1. The zero-order valence-corrected chi connectivity index (χ0v) is 20.8. The van der Waals surface area contributed by atoms with E-state index < -0.39 is 35.4 Å². The molecule has 3 unspecified atom stereocenters. The molecular formula is C26H29F5N4O3. The van der Waals surface area contributed by atoms with E-state index in [9.17, 15) is 32.2 Å². The Labute approximate surface area is 215 Å². The number of hydrogen-bond acceptors (Lipinski definition) is 6. The molecule has 12 heteroatoms. The van der Waals surface area contributed by atoms with Crippen LogP contribution < -0.4 is 10.1 Å². The Morgan fingerprint density at radius 3 is 2.47 bits per heavy atom. The van der Waals surface area contributed by atoms with Gasteiger partial charge < -0.3 is 20.3 Å². The average Bonchev–Trinajstić information content (AvgIpc) is 3.23. The van der Waals surface area contributed by atoms with E-state index in [1.54, 1.807) is 6.92 Å². The molecule has 2 aliphatic rings. The number of benzene rings is 1. The van der Waals surface area contributed by atoms with Gasteiger partial charge >= 0.3 is 6.18 Å². The van der Waals surface area contributed by atoms with E-state index in [1.807, 2.05) is 6.92 Å². The van der Waals surface area contributed by atoms with Crippen LogP contribution in [0.3, 0.4) is 0 Å². The molecule has 0 bridgehead atoms. The molecule has 2 aromatic heterocycles. The van der Waals surface area contributed by atoms with E-state index in [2.05, 4.69) is 15.4 Å². The second kappa shape index (κ2) is 9.42. The van der Waals surface area contributed by atoms with Gasteiger partial charge in [0.1, 0.15) is 18.1 Å². The molecule has 7 nitrogen and oxygen atoms in total. The van der Waals surface area contributed by atoms with Crippen molar-refractivity contribution >= 4 is 10.9 Å². The van der Waals surface area contributed by atoms with Crippen LogP contribution in [-0.2, 0) is 11.8 Å². The van der Waals surface area contributed by atoms with Crippen LogP contribution in [0.4, 0.5) is 22.0 Å². The molecule has 3 atom stereocenters. The molecule has 0 amide bonds. The first-order chi connectivity index (χ1) is 17.7. The monoisotopic (exact) mass is 540 g/mol. The Hall–Kier alpha value is -2.83. The first-order valence-electron chi connectivity index (χ1n) is 12.4. The number of rotatable bonds is 6. The van der Waals surface area contributed by atoms with Gasteiger partial charge in [0.25, 0.3) is 6.43 Å². The van der Waals surface area contributed by atoms with Crippen molar-refractivity contribution in [1.29, 1.82) is 0 Å². The van der Waals surface area contributed by atoms with Crippen molar-refractivity contribution in [3.05, 3.63) is 53.5 Å². The molecule has 38 heavy (non-hydrogen) atoms. The van der Waals surface area contributed by atoms with E-state index in [-0.39, 0.29) is 47.5 Å². The lowest BCUT2D eigenvalue weighted by Crippen LogP contribution is -2.53. The van der Waals surface area contributed by atoms with Gasteiger partial charge in [-0.15, -0.1) is 0 Å². The fourth-order valence-electron chi connectivity index (χ4n) is 5.74. The number of nitrogens with zero attached hydrogens (tertiary/aromatic N) is 3. The van der Waals surface area contributed by atoms with Crippen LogP contribution in [0.25, 0.3) is 10.9 Å². The van der Waals surface area contributed by atoms with Gasteiger partial charge in [-0.05, 0) is 57.7 Å². The molecule has 1 aromatic carbocycles. The Bertz CT molecular complexity index is 1300. The number of alkyl halides is 5. The van der Waals surface area contributed by atoms with Crippen molar-refractivity contribution in [2.24, 2.45) is 0 Å². The summed E-state index contributed by atoms with van der Waals surface area (Å²) >= 11 is 0. The third kappa shape index (κ3) is 5.21. The molecular weight excluding hydrogens is 511 g/mol. The lowest BCUT2D eigenvalue weighted by Gasteiger charge is -2.41. The minimum absolute atomic E-state index is 0.0106. The maximum atomic E-state index is 14.1. The first-order valence-corrected chi connectivity index (χ1v) is 12.4. The first kappa shape index (κ1) is 26.8. The fourth-order valence-corrected chi connectivity index (χ4v) is 5.74. The van der Waals surface area contributed by atoms with Crippen molar-refractivity contribution in [1.82, 2.24) is 20.1 Å². The molecule has 1 aliphatic carbocycles. The highest BCUT2D eigenvalue weighted by atomic mass is 19.4. The molecule has 3 aromatic rings. The molecule has 0 spiro atoms. The highest BCUT2D eigenvalue weighted by Gasteiger charge is 2.43. The average molecular weight is 541 g/mol. The highest BCUT2D eigenvalue weighted by Crippen LogP contribution is 2.45. The van der Waals surface area contributed by atoms with Gasteiger partial charge in [0, 0.05) is 29.2 Å². The van der Waals surface area contributed by atoms with Gasteiger partial charge in [-0.3, -0.25) is 9.67 Å². The zero-order valence-electron chi connectivity index (χ0n) is 20.8. The number of pyridine rings is 1. The topological polar surface area (TPSA) is 92.4 Å². The largest absolute Gasteiger partial charge is 0.492 e. The molecule has 1 saturated heterocycles. The standard InChI is InChI=1S/C26H29F5N4O3/c1-14-7-25(37,16-3-4-21(23(27)28)32-12-16)8-17(34-14)13-38-19-5-15-11-33-35(18-9-24(2,36)10-18)22(15)20(6-19)26(29,30)31/h3-6,11-12,14,17-18,23,34,36-37H,7-10,13H2,1-2H3. The summed E-state index contributed by atoms with van der Waals surface area (Å²) in [6.45, 7) is 3.46. The smallest absolute Gasteiger partial charge is 0.418 e. The predicted octanol–water partition coefficient (Wildman–Crippen LogP) is 4.88. The van der Waals surface area contributed by atoms with Crippen LogP contribution in [0, 0.1) is 0 Å².